The van der Waals surface area contributed by atoms with Gasteiger partial charge in [-0.05, 0) is 44.0 Å². The van der Waals surface area contributed by atoms with Crippen molar-refractivity contribution in [3.8, 4) is 11.1 Å². The summed E-state index contributed by atoms with van der Waals surface area (Å²) in [7, 11) is -2.63. The first-order chi connectivity index (χ1) is 18.3. The van der Waals surface area contributed by atoms with Crippen LogP contribution in [0.15, 0.2) is 140 Å². The van der Waals surface area contributed by atoms with E-state index in [9.17, 15) is 0 Å². The summed E-state index contributed by atoms with van der Waals surface area (Å²) in [6.45, 7) is 7.45. The number of fused-ring (bicyclic) bond motifs is 1. The first-order valence-electron chi connectivity index (χ1n) is 12.2. The molecule has 4 heteroatoms. The van der Waals surface area contributed by atoms with Crippen LogP contribution in [-0.2, 0) is 0 Å². The van der Waals surface area contributed by atoms with E-state index in [1.807, 2.05) is 24.4 Å². The molecule has 0 aliphatic carbocycles. The second-order valence-electron chi connectivity index (χ2n) is 9.01. The Morgan fingerprint density at radius 1 is 0.568 bits per heavy atom. The molecule has 0 amide bonds. The van der Waals surface area contributed by atoms with Crippen LogP contribution in [0, 0.1) is 6.57 Å². The molecule has 0 unspecified atom stereocenters. The van der Waals surface area contributed by atoms with E-state index in [2.05, 4.69) is 124 Å². The van der Waals surface area contributed by atoms with E-state index >= 15 is 0 Å². The summed E-state index contributed by atoms with van der Waals surface area (Å²) < 4.78 is 0. The Morgan fingerprint density at radius 3 is 1.70 bits per heavy atom. The number of benzene rings is 5. The smallest absolute Gasteiger partial charge is 0.187 e. The van der Waals surface area contributed by atoms with Gasteiger partial charge < -0.3 is 0 Å². The van der Waals surface area contributed by atoms with Crippen LogP contribution < -0.4 is 20.7 Å². The lowest BCUT2D eigenvalue weighted by Crippen LogP contribution is -2.74. The van der Waals surface area contributed by atoms with E-state index < -0.39 is 8.07 Å². The zero-order valence-electron chi connectivity index (χ0n) is 20.1. The number of hydrogen-bond donors (Lipinski definition) is 0. The van der Waals surface area contributed by atoms with E-state index in [0.717, 1.165) is 22.0 Å². The van der Waals surface area contributed by atoms with Crippen molar-refractivity contribution in [3.05, 3.63) is 151 Å². The monoisotopic (exact) mass is 489 g/mol. The fourth-order valence-corrected chi connectivity index (χ4v) is 9.96. The lowest BCUT2D eigenvalue weighted by atomic mass is 10.0. The molecule has 3 nitrogen and oxygen atoms in total. The molecule has 0 bridgehead atoms. The maximum atomic E-state index is 7.45. The van der Waals surface area contributed by atoms with Gasteiger partial charge in [-0.25, -0.2) is 14.8 Å². The van der Waals surface area contributed by atoms with Crippen molar-refractivity contribution in [3.63, 3.8) is 0 Å². The molecule has 0 aliphatic rings. The topological polar surface area (TPSA) is 30.1 Å². The third kappa shape index (κ3) is 4.02. The Balaban J connectivity index is 1.57. The molecule has 0 spiro atoms. The molecule has 0 atom stereocenters. The lowest BCUT2D eigenvalue weighted by molar-refractivity contribution is 1.22. The fraction of sp³-hybridized carbons (Fsp3) is 0. The molecular weight excluding hydrogens is 466 g/mol. The molecule has 0 saturated carbocycles. The van der Waals surface area contributed by atoms with Crippen LogP contribution >= 0.6 is 0 Å². The van der Waals surface area contributed by atoms with Crippen LogP contribution in [0.5, 0.6) is 0 Å². The van der Waals surface area contributed by atoms with Gasteiger partial charge >= 0.3 is 0 Å². The van der Waals surface area contributed by atoms with Gasteiger partial charge in [-0.15, -0.1) is 0 Å². The van der Waals surface area contributed by atoms with Crippen molar-refractivity contribution in [2.24, 2.45) is 0 Å². The molecule has 1 heterocycles. The average Bonchev–Trinajstić information content (AvgIpc) is 2.99. The summed E-state index contributed by atoms with van der Waals surface area (Å²) in [5.41, 5.74) is 3.89. The fourth-order valence-electron chi connectivity index (χ4n) is 5.24. The summed E-state index contributed by atoms with van der Waals surface area (Å²) in [5, 5.41) is 6.21. The van der Waals surface area contributed by atoms with Crippen LogP contribution in [0.1, 0.15) is 0 Å². The van der Waals surface area contributed by atoms with Crippen molar-refractivity contribution in [2.45, 2.75) is 0 Å². The minimum Gasteiger partial charge on any atom is -0.244 e. The lowest BCUT2D eigenvalue weighted by Gasteiger charge is -2.34. The highest BCUT2D eigenvalue weighted by Gasteiger charge is 2.41. The van der Waals surface area contributed by atoms with Crippen LogP contribution in [0.4, 0.5) is 5.69 Å². The molecule has 0 saturated heterocycles. The molecule has 6 rings (SSSR count). The summed E-state index contributed by atoms with van der Waals surface area (Å²) in [6.07, 6.45) is 3.44. The van der Waals surface area contributed by atoms with Gasteiger partial charge in [-0.1, -0.05) is 115 Å². The molecule has 174 valence electrons. The normalized spacial score (nSPS) is 11.2. The third-order valence-electron chi connectivity index (χ3n) is 7.00. The van der Waals surface area contributed by atoms with Gasteiger partial charge in [0.1, 0.15) is 6.33 Å². The maximum Gasteiger partial charge on any atom is 0.187 e. The molecule has 6 aromatic rings. The Hall–Kier alpha value is -4.85. The molecule has 0 fully saturated rings. The van der Waals surface area contributed by atoms with Gasteiger partial charge in [0.25, 0.3) is 0 Å². The number of rotatable bonds is 5. The van der Waals surface area contributed by atoms with Crippen molar-refractivity contribution in [1.82, 2.24) is 9.97 Å². The van der Waals surface area contributed by atoms with Crippen molar-refractivity contribution < 1.29 is 0 Å². The highest BCUT2D eigenvalue weighted by atomic mass is 28.3. The molecular formula is C33H23N3Si. The Kier molecular flexibility index (Phi) is 5.90. The van der Waals surface area contributed by atoms with E-state index in [1.165, 1.54) is 20.7 Å². The van der Waals surface area contributed by atoms with Gasteiger partial charge in [0.05, 0.1) is 12.1 Å². The van der Waals surface area contributed by atoms with Crippen LogP contribution in [0.2, 0.25) is 0 Å². The van der Waals surface area contributed by atoms with Gasteiger partial charge in [0, 0.05) is 11.6 Å². The zero-order chi connectivity index (χ0) is 25.1. The summed E-state index contributed by atoms with van der Waals surface area (Å²) >= 11 is 0. The van der Waals surface area contributed by atoms with Crippen LogP contribution in [-0.4, -0.2) is 18.0 Å². The number of nitrogens with zero attached hydrogens (tertiary/aromatic N) is 3. The zero-order valence-corrected chi connectivity index (χ0v) is 21.1. The second kappa shape index (κ2) is 9.66. The molecule has 0 N–H and O–H groups in total. The predicted octanol–water partition coefficient (Wildman–Crippen LogP) is 5.22. The standard InChI is InChI=1S/C33H23N3Si/c1-34-28-15-19-32(20-16-28)37(29-8-4-2-5-9-29,30-10-6-3-7-11-30)31-17-12-25(13-18-31)26-14-21-33-27(22-26)23-35-24-36-33/h2-24H. The highest BCUT2D eigenvalue weighted by Crippen LogP contribution is 2.23. The summed E-state index contributed by atoms with van der Waals surface area (Å²) in [4.78, 5) is 12.2. The van der Waals surface area contributed by atoms with E-state index in [4.69, 9.17) is 6.57 Å². The summed E-state index contributed by atoms with van der Waals surface area (Å²) in [5.74, 6) is 0. The molecule has 5 aromatic carbocycles. The van der Waals surface area contributed by atoms with Crippen molar-refractivity contribution in [2.75, 3.05) is 0 Å². The number of hydrogen-bond acceptors (Lipinski definition) is 2. The van der Waals surface area contributed by atoms with Crippen LogP contribution in [0.3, 0.4) is 0 Å². The van der Waals surface area contributed by atoms with E-state index in [-0.39, 0.29) is 0 Å². The van der Waals surface area contributed by atoms with Gasteiger partial charge in [-0.2, -0.15) is 0 Å². The first kappa shape index (κ1) is 22.6. The van der Waals surface area contributed by atoms with Crippen LogP contribution in [0.25, 0.3) is 26.9 Å². The van der Waals surface area contributed by atoms with Gasteiger partial charge in [0.2, 0.25) is 0 Å². The third-order valence-corrected chi connectivity index (χ3v) is 11.8. The first-order valence-corrected chi connectivity index (χ1v) is 14.2. The minimum atomic E-state index is -2.63. The molecule has 37 heavy (non-hydrogen) atoms. The highest BCUT2D eigenvalue weighted by molar-refractivity contribution is 7.19. The Bertz CT molecular complexity index is 1670. The molecule has 0 aliphatic heterocycles. The van der Waals surface area contributed by atoms with Crippen molar-refractivity contribution in [1.29, 1.82) is 0 Å². The molecule has 1 aromatic heterocycles. The Morgan fingerprint density at radius 2 is 1.11 bits per heavy atom. The Labute approximate surface area is 217 Å². The maximum absolute atomic E-state index is 7.45. The van der Waals surface area contributed by atoms with Gasteiger partial charge in [0.15, 0.2) is 13.8 Å². The van der Waals surface area contributed by atoms with E-state index in [0.29, 0.717) is 5.69 Å². The van der Waals surface area contributed by atoms with E-state index in [1.54, 1.807) is 6.33 Å². The predicted molar refractivity (Wildman–Crippen MR) is 155 cm³/mol. The average molecular weight is 490 g/mol. The quantitative estimate of drug-likeness (QED) is 0.189. The van der Waals surface area contributed by atoms with Crippen molar-refractivity contribution >= 4 is 45.4 Å². The second-order valence-corrected chi connectivity index (χ2v) is 12.8. The summed E-state index contributed by atoms with van der Waals surface area (Å²) in [6, 6.07) is 45.2. The number of aromatic nitrogens is 2. The SMILES string of the molecule is [C-]#[N+]c1ccc([Si](c2ccccc2)(c2ccccc2)c2ccc(-c3ccc4ncncc4c3)cc2)cc1. The van der Waals surface area contributed by atoms with Gasteiger partial charge in [-0.3, -0.25) is 0 Å². The minimum absolute atomic E-state index is 0.656. The molecule has 0 radical (unpaired) electrons. The largest absolute Gasteiger partial charge is 0.244 e.